The molecule has 0 unspecified atom stereocenters. The van der Waals surface area contributed by atoms with E-state index in [-0.39, 0.29) is 22.4 Å². The van der Waals surface area contributed by atoms with Crippen molar-refractivity contribution in [1.82, 2.24) is 19.3 Å². The van der Waals surface area contributed by atoms with E-state index in [1.807, 2.05) is 0 Å². The zero-order chi connectivity index (χ0) is 23.1. The molecule has 2 N–H and O–H groups in total. The zero-order valence-electron chi connectivity index (χ0n) is 17.2. The summed E-state index contributed by atoms with van der Waals surface area (Å²) in [5.41, 5.74) is 1.22. The lowest BCUT2D eigenvalue weighted by atomic mass is 10.2. The molecule has 0 radical (unpaired) electrons. The summed E-state index contributed by atoms with van der Waals surface area (Å²) >= 11 is 0. The number of ether oxygens (including phenoxy) is 1. The van der Waals surface area contributed by atoms with E-state index in [2.05, 4.69) is 15.4 Å². The van der Waals surface area contributed by atoms with Crippen LogP contribution in [0, 0.1) is 6.92 Å². The molecule has 0 aromatic carbocycles. The van der Waals surface area contributed by atoms with Crippen molar-refractivity contribution in [3.05, 3.63) is 34.9 Å². The quantitative estimate of drug-likeness (QED) is 0.611. The van der Waals surface area contributed by atoms with Crippen molar-refractivity contribution in [2.24, 2.45) is 14.1 Å². The van der Waals surface area contributed by atoms with Gasteiger partial charge in [0.25, 0.3) is 5.91 Å². The van der Waals surface area contributed by atoms with E-state index in [1.165, 1.54) is 17.8 Å². The predicted molar refractivity (Wildman–Crippen MR) is 104 cm³/mol. The number of carbonyl (C=O) groups is 2. The van der Waals surface area contributed by atoms with Gasteiger partial charge in [-0.05, 0) is 25.5 Å². The molecule has 0 spiro atoms. The number of pyridine rings is 1. The third kappa shape index (κ3) is 4.32. The van der Waals surface area contributed by atoms with Gasteiger partial charge >= 0.3 is 12.1 Å². The molecule has 1 amide bonds. The number of alkyl halides is 3. The van der Waals surface area contributed by atoms with E-state index in [0.717, 1.165) is 4.57 Å². The molecule has 0 saturated heterocycles. The molecule has 9 nitrogen and oxygen atoms in total. The van der Waals surface area contributed by atoms with Crippen LogP contribution in [0.3, 0.4) is 0 Å². The minimum atomic E-state index is -4.66. The minimum Gasteiger partial charge on any atom is -0.481 e. The summed E-state index contributed by atoms with van der Waals surface area (Å²) in [5.74, 6) is -2.43. The van der Waals surface area contributed by atoms with Crippen molar-refractivity contribution in [1.29, 1.82) is 0 Å². The summed E-state index contributed by atoms with van der Waals surface area (Å²) in [6.07, 6.45) is -4.29. The second-order valence-electron chi connectivity index (χ2n) is 6.90. The number of anilines is 1. The Morgan fingerprint density at radius 1 is 1.26 bits per heavy atom. The number of amides is 1. The van der Waals surface area contributed by atoms with Gasteiger partial charge in [-0.1, -0.05) is 6.92 Å². The van der Waals surface area contributed by atoms with E-state index in [1.54, 1.807) is 27.0 Å². The first-order chi connectivity index (χ1) is 14.4. The highest BCUT2D eigenvalue weighted by molar-refractivity contribution is 6.06. The lowest BCUT2D eigenvalue weighted by molar-refractivity contribution is -0.153. The van der Waals surface area contributed by atoms with E-state index < -0.39 is 36.1 Å². The molecule has 0 fully saturated rings. The minimum absolute atomic E-state index is 0.0397. The number of aryl methyl sites for hydroxylation is 4. The summed E-state index contributed by atoms with van der Waals surface area (Å²) in [4.78, 5) is 28.8. The molecule has 0 aliphatic carbocycles. The fraction of sp³-hybridized carbons (Fsp3) is 0.368. The second kappa shape index (κ2) is 7.93. The summed E-state index contributed by atoms with van der Waals surface area (Å²) < 4.78 is 45.5. The maximum atomic E-state index is 12.7. The molecule has 3 rings (SSSR count). The summed E-state index contributed by atoms with van der Waals surface area (Å²) in [6, 6.07) is 2.95. The zero-order valence-corrected chi connectivity index (χ0v) is 17.2. The number of nitrogens with zero attached hydrogens (tertiary/aromatic N) is 4. The van der Waals surface area contributed by atoms with Crippen LogP contribution in [0.25, 0.3) is 11.0 Å². The highest BCUT2D eigenvalue weighted by atomic mass is 19.4. The Balaban J connectivity index is 2.13. The molecule has 0 bridgehead atoms. The summed E-state index contributed by atoms with van der Waals surface area (Å²) in [5, 5.41) is 16.3. The average molecular weight is 439 g/mol. The number of hydrogen-bond donors (Lipinski definition) is 2. The maximum absolute atomic E-state index is 12.7. The van der Waals surface area contributed by atoms with Gasteiger partial charge in [-0.3, -0.25) is 9.48 Å². The molecule has 3 aromatic rings. The molecule has 3 aromatic heterocycles. The van der Waals surface area contributed by atoms with Gasteiger partial charge in [0.2, 0.25) is 0 Å². The van der Waals surface area contributed by atoms with Gasteiger partial charge in [-0.25, -0.2) is 9.78 Å². The van der Waals surface area contributed by atoms with Gasteiger partial charge in [0.15, 0.2) is 18.1 Å². The number of hydrogen-bond acceptors (Lipinski definition) is 5. The Labute approximate surface area is 174 Å². The molecule has 0 aliphatic rings. The Morgan fingerprint density at radius 2 is 1.94 bits per heavy atom. The van der Waals surface area contributed by atoms with Gasteiger partial charge in [-0.2, -0.15) is 18.3 Å². The molecule has 166 valence electrons. The molecule has 0 atom stereocenters. The van der Waals surface area contributed by atoms with Crippen LogP contribution in [0.1, 0.15) is 39.3 Å². The highest BCUT2D eigenvalue weighted by Gasteiger charge is 2.32. The Hall–Kier alpha value is -3.57. The number of carboxylic acid groups (broad SMARTS) is 1. The smallest absolute Gasteiger partial charge is 0.422 e. The van der Waals surface area contributed by atoms with E-state index >= 15 is 0 Å². The maximum Gasteiger partial charge on any atom is 0.422 e. The van der Waals surface area contributed by atoms with Gasteiger partial charge in [0.05, 0.1) is 22.5 Å². The van der Waals surface area contributed by atoms with Crippen molar-refractivity contribution < 1.29 is 32.6 Å². The lowest BCUT2D eigenvalue weighted by Gasteiger charge is -2.11. The number of aromatic carboxylic acids is 1. The van der Waals surface area contributed by atoms with Gasteiger partial charge in [0, 0.05) is 14.1 Å². The van der Waals surface area contributed by atoms with Crippen LogP contribution >= 0.6 is 0 Å². The monoisotopic (exact) mass is 439 g/mol. The fourth-order valence-electron chi connectivity index (χ4n) is 3.28. The third-order valence-electron chi connectivity index (χ3n) is 4.59. The van der Waals surface area contributed by atoms with Crippen LogP contribution in [0.5, 0.6) is 5.75 Å². The fourth-order valence-corrected chi connectivity index (χ4v) is 3.28. The topological polar surface area (TPSA) is 111 Å². The Kier molecular flexibility index (Phi) is 5.66. The van der Waals surface area contributed by atoms with Crippen LogP contribution in [0.2, 0.25) is 0 Å². The number of rotatable bonds is 6. The van der Waals surface area contributed by atoms with Gasteiger partial charge in [-0.15, -0.1) is 0 Å². The number of carboxylic acids is 1. The van der Waals surface area contributed by atoms with Crippen molar-refractivity contribution in [2.45, 2.75) is 26.4 Å². The molecule has 31 heavy (non-hydrogen) atoms. The van der Waals surface area contributed by atoms with E-state index in [4.69, 9.17) is 4.74 Å². The van der Waals surface area contributed by atoms with Crippen LogP contribution < -0.4 is 10.1 Å². The van der Waals surface area contributed by atoms with E-state index in [0.29, 0.717) is 17.8 Å². The van der Waals surface area contributed by atoms with Crippen LogP contribution in [-0.4, -0.2) is 49.1 Å². The summed E-state index contributed by atoms with van der Waals surface area (Å²) in [7, 11) is 2.97. The van der Waals surface area contributed by atoms with Crippen molar-refractivity contribution in [3.63, 3.8) is 0 Å². The van der Waals surface area contributed by atoms with Gasteiger partial charge < -0.3 is 19.7 Å². The van der Waals surface area contributed by atoms with Gasteiger partial charge in [0.1, 0.15) is 11.3 Å². The SMILES string of the molecule is CCc1nc2c(cc1NC(=O)c1cc(C)nn1C)c(OCC(F)(F)F)c(C(=O)O)n2C. The van der Waals surface area contributed by atoms with Crippen LogP contribution in [0.4, 0.5) is 18.9 Å². The number of halogens is 3. The first kappa shape index (κ1) is 22.1. The van der Waals surface area contributed by atoms with E-state index in [9.17, 15) is 27.9 Å². The molecular formula is C19H20F3N5O4. The molecule has 0 saturated carbocycles. The third-order valence-corrected chi connectivity index (χ3v) is 4.59. The number of carbonyl (C=O) groups excluding carboxylic acids is 1. The Bertz CT molecular complexity index is 1180. The first-order valence-electron chi connectivity index (χ1n) is 9.20. The average Bonchev–Trinajstić information content (AvgIpc) is 3.14. The molecule has 0 aliphatic heterocycles. The standard InChI is InChI=1S/C19H20F3N5O4/c1-5-11-12(24-17(28)13-6-9(2)25-27(13)4)7-10-15(31-8-19(20,21)22)14(18(29)30)26(3)16(10)23-11/h6-7H,5,8H2,1-4H3,(H,24,28)(H,29,30). The predicted octanol–water partition coefficient (Wildman–Crippen LogP) is 3.07. The van der Waals surface area contributed by atoms with Crippen LogP contribution in [0.15, 0.2) is 12.1 Å². The van der Waals surface area contributed by atoms with Crippen molar-refractivity contribution in [3.8, 4) is 5.75 Å². The van der Waals surface area contributed by atoms with Crippen molar-refractivity contribution in [2.75, 3.05) is 11.9 Å². The first-order valence-corrected chi connectivity index (χ1v) is 9.20. The largest absolute Gasteiger partial charge is 0.481 e. The molecule has 3 heterocycles. The number of fused-ring (bicyclic) bond motifs is 1. The highest BCUT2D eigenvalue weighted by Crippen LogP contribution is 2.36. The van der Waals surface area contributed by atoms with Crippen LogP contribution in [-0.2, 0) is 20.5 Å². The second-order valence-corrected chi connectivity index (χ2v) is 6.90. The van der Waals surface area contributed by atoms with Crippen molar-refractivity contribution >= 4 is 28.6 Å². The lowest BCUT2D eigenvalue weighted by Crippen LogP contribution is -2.20. The summed E-state index contributed by atoms with van der Waals surface area (Å²) in [6.45, 7) is 1.83. The molecule has 12 heteroatoms. The normalized spacial score (nSPS) is 11.7. The number of nitrogens with one attached hydrogen (secondary N) is 1. The number of aromatic nitrogens is 4. The Morgan fingerprint density at radius 3 is 2.45 bits per heavy atom. The molecular weight excluding hydrogens is 419 g/mol.